The van der Waals surface area contributed by atoms with E-state index >= 15 is 0 Å². The number of alkyl halides is 3. The normalized spacial score (nSPS) is 12.8. The van der Waals surface area contributed by atoms with Gasteiger partial charge in [0.15, 0.2) is 6.29 Å². The van der Waals surface area contributed by atoms with E-state index in [-0.39, 0.29) is 16.9 Å². The highest BCUT2D eigenvalue weighted by Gasteiger charge is 2.31. The van der Waals surface area contributed by atoms with Crippen LogP contribution in [0, 0.1) is 0 Å². The van der Waals surface area contributed by atoms with Crippen molar-refractivity contribution in [1.29, 1.82) is 0 Å². The van der Waals surface area contributed by atoms with Crippen LogP contribution in [0.25, 0.3) is 22.1 Å². The zero-order valence-corrected chi connectivity index (χ0v) is 13.4. The Balaban J connectivity index is 1.95. The molecule has 3 rings (SSSR count). The molecule has 0 amide bonds. The van der Waals surface area contributed by atoms with E-state index in [1.54, 1.807) is 18.2 Å². The van der Waals surface area contributed by atoms with Gasteiger partial charge in [0, 0.05) is 11.5 Å². The molecule has 3 aromatic rings. The van der Waals surface area contributed by atoms with Crippen molar-refractivity contribution in [3.05, 3.63) is 59.0 Å². The van der Waals surface area contributed by atoms with E-state index in [1.165, 1.54) is 25.1 Å². The smallest absolute Gasteiger partial charge is 0.465 e. The van der Waals surface area contributed by atoms with E-state index < -0.39 is 18.3 Å². The molecule has 0 radical (unpaired) electrons. The molecule has 0 bridgehead atoms. The molecule has 136 valence electrons. The molecule has 0 spiro atoms. The third kappa shape index (κ3) is 4.15. The van der Waals surface area contributed by atoms with Gasteiger partial charge in [-0.05, 0) is 42.8 Å². The molecule has 2 aromatic carbocycles. The monoisotopic (exact) mass is 366 g/mol. The molecule has 26 heavy (non-hydrogen) atoms. The lowest BCUT2D eigenvalue weighted by molar-refractivity contribution is -0.274. The van der Waals surface area contributed by atoms with Crippen molar-refractivity contribution < 1.29 is 32.2 Å². The quantitative estimate of drug-likeness (QED) is 0.557. The van der Waals surface area contributed by atoms with Gasteiger partial charge >= 0.3 is 12.0 Å². The Morgan fingerprint density at radius 3 is 2.31 bits per heavy atom. The first-order chi connectivity index (χ1) is 12.2. The van der Waals surface area contributed by atoms with Crippen LogP contribution in [0.2, 0.25) is 0 Å². The number of fused-ring (bicyclic) bond motifs is 1. The molecule has 8 heteroatoms. The van der Waals surface area contributed by atoms with Crippen molar-refractivity contribution in [1.82, 2.24) is 0 Å². The van der Waals surface area contributed by atoms with Crippen LogP contribution < -0.4 is 15.1 Å². The van der Waals surface area contributed by atoms with Crippen molar-refractivity contribution in [3.63, 3.8) is 0 Å². The van der Waals surface area contributed by atoms with Gasteiger partial charge in [0.1, 0.15) is 17.1 Å². The van der Waals surface area contributed by atoms with E-state index in [2.05, 4.69) is 4.74 Å². The summed E-state index contributed by atoms with van der Waals surface area (Å²) in [6.45, 7) is 1.44. The highest BCUT2D eigenvalue weighted by Crippen LogP contribution is 2.28. The summed E-state index contributed by atoms with van der Waals surface area (Å²) in [4.78, 5) is 12.2. The van der Waals surface area contributed by atoms with Crippen LogP contribution in [0.1, 0.15) is 6.92 Å². The van der Waals surface area contributed by atoms with Gasteiger partial charge in [-0.3, -0.25) is 0 Å². The minimum absolute atomic E-state index is 0.195. The maximum absolute atomic E-state index is 12.2. The van der Waals surface area contributed by atoms with Gasteiger partial charge < -0.3 is 19.0 Å². The maximum atomic E-state index is 12.2. The number of halogens is 3. The molecule has 1 N–H and O–H groups in total. The topological polar surface area (TPSA) is 68.9 Å². The predicted octanol–water partition coefficient (Wildman–Crippen LogP) is 4.08. The molecule has 0 aliphatic carbocycles. The third-order valence-corrected chi connectivity index (χ3v) is 3.41. The van der Waals surface area contributed by atoms with Crippen LogP contribution in [0.5, 0.6) is 11.5 Å². The second-order valence-electron chi connectivity index (χ2n) is 5.44. The van der Waals surface area contributed by atoms with Crippen LogP contribution in [0.4, 0.5) is 13.2 Å². The van der Waals surface area contributed by atoms with Crippen LogP contribution >= 0.6 is 0 Å². The van der Waals surface area contributed by atoms with Crippen LogP contribution in [-0.4, -0.2) is 17.8 Å². The lowest BCUT2D eigenvalue weighted by atomic mass is 10.1. The zero-order valence-electron chi connectivity index (χ0n) is 13.4. The number of benzene rings is 2. The average molecular weight is 366 g/mol. The Labute approximate surface area is 145 Å². The fourth-order valence-corrected chi connectivity index (χ4v) is 2.40. The summed E-state index contributed by atoms with van der Waals surface area (Å²) in [5.41, 5.74) is 0.185. The van der Waals surface area contributed by atoms with Gasteiger partial charge in [-0.2, -0.15) is 0 Å². The third-order valence-electron chi connectivity index (χ3n) is 3.41. The molecule has 0 fully saturated rings. The molecule has 5 nitrogen and oxygen atoms in total. The standard InChI is InChI=1S/C18H13F3O5/c1-10(22)24-14-7-4-12-8-15(17(23)25-16(12)9-14)11-2-5-13(6-3-11)26-18(19,20)21/h2-10,22H,1H3. The van der Waals surface area contributed by atoms with Crippen LogP contribution in [-0.2, 0) is 0 Å². The van der Waals surface area contributed by atoms with Crippen molar-refractivity contribution in [3.8, 4) is 22.6 Å². The minimum atomic E-state index is -4.78. The van der Waals surface area contributed by atoms with Gasteiger partial charge in [0.25, 0.3) is 0 Å². The summed E-state index contributed by atoms with van der Waals surface area (Å²) in [6, 6.07) is 11.2. The summed E-state index contributed by atoms with van der Waals surface area (Å²) >= 11 is 0. The van der Waals surface area contributed by atoms with E-state index in [0.29, 0.717) is 16.7 Å². The van der Waals surface area contributed by atoms with E-state index in [1.807, 2.05) is 0 Å². The molecular weight excluding hydrogens is 353 g/mol. The fourth-order valence-electron chi connectivity index (χ4n) is 2.40. The largest absolute Gasteiger partial charge is 0.573 e. The first-order valence-corrected chi connectivity index (χ1v) is 7.50. The second-order valence-corrected chi connectivity index (χ2v) is 5.44. The molecule has 1 unspecified atom stereocenters. The Bertz CT molecular complexity index is 975. The maximum Gasteiger partial charge on any atom is 0.573 e. The van der Waals surface area contributed by atoms with Crippen molar-refractivity contribution in [2.75, 3.05) is 0 Å². The molecule has 1 heterocycles. The predicted molar refractivity (Wildman–Crippen MR) is 86.9 cm³/mol. The summed E-state index contributed by atoms with van der Waals surface area (Å²) in [7, 11) is 0. The number of ether oxygens (including phenoxy) is 2. The number of rotatable bonds is 4. The summed E-state index contributed by atoms with van der Waals surface area (Å²) < 4.78 is 50.8. The number of aliphatic hydroxyl groups is 1. The number of hydrogen-bond donors (Lipinski definition) is 1. The van der Waals surface area contributed by atoms with Crippen molar-refractivity contribution in [2.45, 2.75) is 19.6 Å². The highest BCUT2D eigenvalue weighted by molar-refractivity contribution is 5.82. The highest BCUT2D eigenvalue weighted by atomic mass is 19.4. The molecular formula is C18H13F3O5. The van der Waals surface area contributed by atoms with Gasteiger partial charge in [-0.1, -0.05) is 12.1 Å². The van der Waals surface area contributed by atoms with Crippen molar-refractivity contribution in [2.24, 2.45) is 0 Å². The molecule has 0 saturated carbocycles. The fraction of sp³-hybridized carbons (Fsp3) is 0.167. The molecule has 0 aliphatic rings. The van der Waals surface area contributed by atoms with Crippen LogP contribution in [0.15, 0.2) is 57.7 Å². The number of hydrogen-bond acceptors (Lipinski definition) is 5. The summed E-state index contributed by atoms with van der Waals surface area (Å²) in [5, 5.41) is 9.81. The lowest BCUT2D eigenvalue weighted by Gasteiger charge is -2.10. The minimum Gasteiger partial charge on any atom is -0.465 e. The lowest BCUT2D eigenvalue weighted by Crippen LogP contribution is -2.17. The Morgan fingerprint density at radius 2 is 1.69 bits per heavy atom. The zero-order chi connectivity index (χ0) is 18.9. The molecule has 0 saturated heterocycles. The Hall–Kier alpha value is -3.00. The first kappa shape index (κ1) is 17.8. The molecule has 1 aromatic heterocycles. The van der Waals surface area contributed by atoms with Crippen LogP contribution in [0.3, 0.4) is 0 Å². The van der Waals surface area contributed by atoms with E-state index in [4.69, 9.17) is 9.15 Å². The van der Waals surface area contributed by atoms with E-state index in [9.17, 15) is 23.1 Å². The molecule has 1 atom stereocenters. The molecule has 0 aliphatic heterocycles. The summed E-state index contributed by atoms with van der Waals surface area (Å²) in [6.07, 6.45) is -5.80. The number of aliphatic hydroxyl groups excluding tert-OH is 1. The summed E-state index contributed by atoms with van der Waals surface area (Å²) in [5.74, 6) is -0.0524. The SMILES string of the molecule is CC(O)Oc1ccc2cc(-c3ccc(OC(F)(F)F)cc3)c(=O)oc2c1. The Kier molecular flexibility index (Phi) is 4.60. The van der Waals surface area contributed by atoms with Gasteiger partial charge in [0.2, 0.25) is 0 Å². The van der Waals surface area contributed by atoms with Gasteiger partial charge in [0.05, 0.1) is 5.56 Å². The average Bonchev–Trinajstić information content (AvgIpc) is 2.53. The Morgan fingerprint density at radius 1 is 1.04 bits per heavy atom. The second kappa shape index (κ2) is 6.72. The first-order valence-electron chi connectivity index (χ1n) is 7.50. The van der Waals surface area contributed by atoms with Gasteiger partial charge in [-0.25, -0.2) is 4.79 Å². The van der Waals surface area contributed by atoms with Gasteiger partial charge in [-0.15, -0.1) is 13.2 Å². The van der Waals surface area contributed by atoms with E-state index in [0.717, 1.165) is 12.1 Å². The van der Waals surface area contributed by atoms with Crippen molar-refractivity contribution >= 4 is 11.0 Å².